The number of amides is 1. The topological polar surface area (TPSA) is 69.6 Å². The van der Waals surface area contributed by atoms with Crippen LogP contribution < -0.4 is 5.32 Å². The van der Waals surface area contributed by atoms with Crippen LogP contribution in [0.4, 0.5) is 5.69 Å². The summed E-state index contributed by atoms with van der Waals surface area (Å²) in [5.74, 6) is 0.244. The van der Waals surface area contributed by atoms with E-state index >= 15 is 0 Å². The summed E-state index contributed by atoms with van der Waals surface area (Å²) in [5.41, 5.74) is 1.56. The third-order valence-electron chi connectivity index (χ3n) is 3.33. The van der Waals surface area contributed by atoms with E-state index in [4.69, 9.17) is 11.6 Å². The minimum Gasteiger partial charge on any atom is -0.480 e. The maximum atomic E-state index is 12.0. The lowest BCUT2D eigenvalue weighted by Gasteiger charge is -2.31. The zero-order valence-electron chi connectivity index (χ0n) is 11.6. The van der Waals surface area contributed by atoms with E-state index in [2.05, 4.69) is 5.32 Å². The highest BCUT2D eigenvalue weighted by molar-refractivity contribution is 7.99. The van der Waals surface area contributed by atoms with E-state index in [-0.39, 0.29) is 12.5 Å². The van der Waals surface area contributed by atoms with E-state index in [0.717, 1.165) is 11.3 Å². The fourth-order valence-electron chi connectivity index (χ4n) is 2.11. The van der Waals surface area contributed by atoms with Crippen molar-refractivity contribution < 1.29 is 14.7 Å². The first-order chi connectivity index (χ1) is 9.97. The molecule has 1 atom stereocenters. The summed E-state index contributed by atoms with van der Waals surface area (Å²) < 4.78 is 0. The van der Waals surface area contributed by atoms with E-state index in [0.29, 0.717) is 23.0 Å². The molecule has 1 aliphatic heterocycles. The van der Waals surface area contributed by atoms with E-state index in [9.17, 15) is 14.7 Å². The highest BCUT2D eigenvalue weighted by atomic mass is 35.5. The predicted molar refractivity (Wildman–Crippen MR) is 85.1 cm³/mol. The number of rotatable bonds is 4. The molecule has 2 rings (SSSR count). The van der Waals surface area contributed by atoms with Crippen molar-refractivity contribution in [2.45, 2.75) is 13.0 Å². The summed E-state index contributed by atoms with van der Waals surface area (Å²) in [7, 11) is 0. The van der Waals surface area contributed by atoms with Gasteiger partial charge < -0.3 is 10.4 Å². The first-order valence-electron chi connectivity index (χ1n) is 6.58. The molecule has 114 valence electrons. The molecular weight excluding hydrogens is 312 g/mol. The lowest BCUT2D eigenvalue weighted by Crippen LogP contribution is -2.50. The van der Waals surface area contributed by atoms with Crippen LogP contribution in [0.2, 0.25) is 5.02 Å². The summed E-state index contributed by atoms with van der Waals surface area (Å²) in [6.45, 7) is 2.56. The van der Waals surface area contributed by atoms with E-state index in [1.54, 1.807) is 28.8 Å². The van der Waals surface area contributed by atoms with Crippen molar-refractivity contribution in [2.24, 2.45) is 0 Å². The summed E-state index contributed by atoms with van der Waals surface area (Å²) in [6.07, 6.45) is 0. The number of anilines is 1. The zero-order valence-corrected chi connectivity index (χ0v) is 13.2. The fraction of sp³-hybridized carbons (Fsp3) is 0.429. The van der Waals surface area contributed by atoms with Gasteiger partial charge in [0, 0.05) is 28.8 Å². The Kier molecular flexibility index (Phi) is 5.50. The van der Waals surface area contributed by atoms with Crippen molar-refractivity contribution in [3.63, 3.8) is 0 Å². The molecule has 1 heterocycles. The highest BCUT2D eigenvalue weighted by Gasteiger charge is 2.30. The molecule has 1 saturated heterocycles. The van der Waals surface area contributed by atoms with Crippen LogP contribution in [-0.4, -0.2) is 52.5 Å². The van der Waals surface area contributed by atoms with Gasteiger partial charge >= 0.3 is 5.97 Å². The van der Waals surface area contributed by atoms with Crippen molar-refractivity contribution in [1.82, 2.24) is 4.90 Å². The molecule has 0 aromatic heterocycles. The quantitative estimate of drug-likeness (QED) is 0.885. The average Bonchev–Trinajstić information content (AvgIpc) is 2.43. The van der Waals surface area contributed by atoms with Crippen molar-refractivity contribution in [3.05, 3.63) is 28.8 Å². The Morgan fingerprint density at radius 3 is 2.95 bits per heavy atom. The number of nitrogens with zero attached hydrogens (tertiary/aromatic N) is 1. The Balaban J connectivity index is 1.97. The van der Waals surface area contributed by atoms with Crippen LogP contribution in [0.15, 0.2) is 18.2 Å². The number of nitrogens with one attached hydrogen (secondary N) is 1. The van der Waals surface area contributed by atoms with Gasteiger partial charge in [0.25, 0.3) is 0 Å². The third kappa shape index (κ3) is 4.36. The van der Waals surface area contributed by atoms with Gasteiger partial charge in [-0.25, -0.2) is 0 Å². The molecule has 1 unspecified atom stereocenters. The Morgan fingerprint density at radius 1 is 1.52 bits per heavy atom. The maximum absolute atomic E-state index is 12.0. The maximum Gasteiger partial charge on any atom is 0.321 e. The lowest BCUT2D eigenvalue weighted by atomic mass is 10.2. The zero-order chi connectivity index (χ0) is 15.4. The molecule has 1 aromatic rings. The normalized spacial score (nSPS) is 19.2. The second-order valence-electron chi connectivity index (χ2n) is 4.91. The molecule has 5 nitrogen and oxygen atoms in total. The van der Waals surface area contributed by atoms with Gasteiger partial charge in [-0.05, 0) is 24.6 Å². The predicted octanol–water partition coefficient (Wildman–Crippen LogP) is 2.09. The van der Waals surface area contributed by atoms with Crippen LogP contribution in [0.1, 0.15) is 5.56 Å². The molecule has 0 aliphatic carbocycles. The average molecular weight is 329 g/mol. The summed E-state index contributed by atoms with van der Waals surface area (Å²) in [4.78, 5) is 24.9. The van der Waals surface area contributed by atoms with E-state index in [1.165, 1.54) is 0 Å². The van der Waals surface area contributed by atoms with Crippen LogP contribution in [-0.2, 0) is 9.59 Å². The van der Waals surface area contributed by atoms with Crippen LogP contribution in [0, 0.1) is 6.92 Å². The monoisotopic (exact) mass is 328 g/mol. The highest BCUT2D eigenvalue weighted by Crippen LogP contribution is 2.20. The van der Waals surface area contributed by atoms with Crippen LogP contribution in [0.3, 0.4) is 0 Å². The van der Waals surface area contributed by atoms with Gasteiger partial charge in [0.05, 0.1) is 6.54 Å². The first kappa shape index (κ1) is 16.1. The van der Waals surface area contributed by atoms with Crippen molar-refractivity contribution >= 4 is 40.9 Å². The summed E-state index contributed by atoms with van der Waals surface area (Å²) >= 11 is 7.61. The minimum atomic E-state index is -0.881. The molecule has 1 fully saturated rings. The number of halogens is 1. The van der Waals surface area contributed by atoms with E-state index < -0.39 is 12.0 Å². The Labute approximate surface area is 132 Å². The second kappa shape index (κ2) is 7.15. The molecule has 7 heteroatoms. The SMILES string of the molecule is Cc1ccc(NC(=O)CN2CCSCC2C(=O)O)cc1Cl. The minimum absolute atomic E-state index is 0.0724. The van der Waals surface area contributed by atoms with Crippen molar-refractivity contribution in [2.75, 3.05) is 29.9 Å². The van der Waals surface area contributed by atoms with Crippen LogP contribution in [0.5, 0.6) is 0 Å². The van der Waals surface area contributed by atoms with Gasteiger partial charge in [0.1, 0.15) is 6.04 Å². The van der Waals surface area contributed by atoms with Crippen molar-refractivity contribution in [3.8, 4) is 0 Å². The fourth-order valence-corrected chi connectivity index (χ4v) is 3.40. The number of carbonyl (C=O) groups is 2. The number of carboxylic acids is 1. The molecular formula is C14H17ClN2O3S. The molecule has 21 heavy (non-hydrogen) atoms. The van der Waals surface area contributed by atoms with Crippen LogP contribution >= 0.6 is 23.4 Å². The molecule has 1 aromatic carbocycles. The summed E-state index contributed by atoms with van der Waals surface area (Å²) in [6, 6.07) is 4.70. The smallest absolute Gasteiger partial charge is 0.321 e. The number of aryl methyl sites for hydroxylation is 1. The second-order valence-corrected chi connectivity index (χ2v) is 6.47. The van der Waals surface area contributed by atoms with Crippen molar-refractivity contribution in [1.29, 1.82) is 0 Å². The van der Waals surface area contributed by atoms with Gasteiger partial charge in [-0.1, -0.05) is 17.7 Å². The van der Waals surface area contributed by atoms with Crippen LogP contribution in [0.25, 0.3) is 0 Å². The Morgan fingerprint density at radius 2 is 2.29 bits per heavy atom. The Bertz CT molecular complexity index is 553. The standard InChI is InChI=1S/C14H17ClN2O3S/c1-9-2-3-10(6-11(9)15)16-13(18)7-17-4-5-21-8-12(17)14(19)20/h2-3,6,12H,4-5,7-8H2,1H3,(H,16,18)(H,19,20). The number of carbonyl (C=O) groups excluding carboxylic acids is 1. The summed E-state index contributed by atoms with van der Waals surface area (Å²) in [5, 5.41) is 12.5. The molecule has 1 amide bonds. The van der Waals surface area contributed by atoms with Gasteiger partial charge in [-0.3, -0.25) is 14.5 Å². The number of hydrogen-bond donors (Lipinski definition) is 2. The van der Waals surface area contributed by atoms with E-state index in [1.807, 2.05) is 13.0 Å². The van der Waals surface area contributed by atoms with Gasteiger partial charge in [-0.2, -0.15) is 11.8 Å². The van der Waals surface area contributed by atoms with Gasteiger partial charge in [0.15, 0.2) is 0 Å². The molecule has 2 N–H and O–H groups in total. The molecule has 0 spiro atoms. The Hall–Kier alpha value is -1.24. The lowest BCUT2D eigenvalue weighted by molar-refractivity contribution is -0.142. The number of thioether (sulfide) groups is 1. The number of benzene rings is 1. The number of aliphatic carboxylic acids is 1. The molecule has 0 radical (unpaired) electrons. The van der Waals surface area contributed by atoms with Gasteiger partial charge in [0.2, 0.25) is 5.91 Å². The molecule has 0 saturated carbocycles. The first-order valence-corrected chi connectivity index (χ1v) is 8.11. The number of carboxylic acid groups (broad SMARTS) is 1. The van der Waals surface area contributed by atoms with Gasteiger partial charge in [-0.15, -0.1) is 0 Å². The third-order valence-corrected chi connectivity index (χ3v) is 4.76. The largest absolute Gasteiger partial charge is 0.480 e. The molecule has 0 bridgehead atoms. The number of hydrogen-bond acceptors (Lipinski definition) is 4. The molecule has 1 aliphatic rings.